The minimum Gasteiger partial charge on any atom is -0.310 e. The Balaban J connectivity index is 2.52. The van der Waals surface area contributed by atoms with Crippen molar-refractivity contribution in [2.75, 3.05) is 0 Å². The summed E-state index contributed by atoms with van der Waals surface area (Å²) < 4.78 is 15.0. The quantitative estimate of drug-likeness (QED) is 0.679. The highest BCUT2D eigenvalue weighted by atomic mass is 79.9. The summed E-state index contributed by atoms with van der Waals surface area (Å²) in [4.78, 5) is 0. The lowest BCUT2D eigenvalue weighted by atomic mass is 9.97. The number of halogens is 3. The van der Waals surface area contributed by atoms with Gasteiger partial charge in [-0.3, -0.25) is 0 Å². The average molecular weight is 371 g/mol. The summed E-state index contributed by atoms with van der Waals surface area (Å²) in [5.41, 5.74) is 3.57. The van der Waals surface area contributed by atoms with Crippen molar-refractivity contribution in [1.29, 1.82) is 0 Å². The van der Waals surface area contributed by atoms with E-state index in [1.165, 1.54) is 0 Å². The summed E-state index contributed by atoms with van der Waals surface area (Å²) in [5.74, 6) is -0.387. The molecule has 0 heterocycles. The molecule has 1 nitrogen and oxygen atoms in total. The van der Waals surface area contributed by atoms with Crippen LogP contribution < -0.4 is 5.32 Å². The van der Waals surface area contributed by atoms with Crippen molar-refractivity contribution in [3.05, 3.63) is 56.8 Å². The Morgan fingerprint density at radius 1 is 1.19 bits per heavy atom. The Morgan fingerprint density at radius 2 is 1.90 bits per heavy atom. The molecule has 2 aromatic carbocycles. The van der Waals surface area contributed by atoms with Gasteiger partial charge in [-0.05, 0) is 40.0 Å². The summed E-state index contributed by atoms with van der Waals surface area (Å²) in [5, 5.41) is 3.49. The zero-order valence-corrected chi connectivity index (χ0v) is 14.6. The van der Waals surface area contributed by atoms with E-state index in [9.17, 15) is 4.39 Å². The molecule has 0 saturated carbocycles. The number of hydrogen-bond acceptors (Lipinski definition) is 1. The van der Waals surface area contributed by atoms with Crippen LogP contribution in [0, 0.1) is 12.7 Å². The largest absolute Gasteiger partial charge is 0.310 e. The fourth-order valence-electron chi connectivity index (χ4n) is 2.14. The van der Waals surface area contributed by atoms with Gasteiger partial charge >= 0.3 is 0 Å². The summed E-state index contributed by atoms with van der Waals surface area (Å²) in [7, 11) is 0. The minimum atomic E-state index is -0.387. The Morgan fingerprint density at radius 3 is 2.57 bits per heavy atom. The van der Waals surface area contributed by atoms with Gasteiger partial charge in [-0.15, -0.1) is 0 Å². The SMILES string of the molecule is Cc1ccc(CNC(C)C)c(-c2ccc(Br)c(Cl)c2F)c1. The van der Waals surface area contributed by atoms with Crippen molar-refractivity contribution >= 4 is 27.5 Å². The summed E-state index contributed by atoms with van der Waals surface area (Å²) in [6.07, 6.45) is 0. The molecule has 0 spiro atoms. The lowest BCUT2D eigenvalue weighted by Crippen LogP contribution is -2.22. The maximum Gasteiger partial charge on any atom is 0.150 e. The van der Waals surface area contributed by atoms with Crippen LogP contribution in [0.1, 0.15) is 25.0 Å². The van der Waals surface area contributed by atoms with Gasteiger partial charge in [0.25, 0.3) is 0 Å². The van der Waals surface area contributed by atoms with Crippen molar-refractivity contribution in [2.45, 2.75) is 33.4 Å². The van der Waals surface area contributed by atoms with Crippen LogP contribution in [0.4, 0.5) is 4.39 Å². The van der Waals surface area contributed by atoms with E-state index in [2.05, 4.69) is 35.1 Å². The lowest BCUT2D eigenvalue weighted by Gasteiger charge is -2.15. The van der Waals surface area contributed by atoms with Crippen molar-refractivity contribution in [1.82, 2.24) is 5.32 Å². The maximum absolute atomic E-state index is 14.5. The molecule has 0 amide bonds. The van der Waals surface area contributed by atoms with Gasteiger partial charge in [0, 0.05) is 22.6 Å². The van der Waals surface area contributed by atoms with Crippen LogP contribution in [0.3, 0.4) is 0 Å². The first-order valence-corrected chi connectivity index (χ1v) is 8.04. The van der Waals surface area contributed by atoms with E-state index < -0.39 is 0 Å². The van der Waals surface area contributed by atoms with Gasteiger partial charge < -0.3 is 5.32 Å². The second-order valence-electron chi connectivity index (χ2n) is 5.42. The average Bonchev–Trinajstić information content (AvgIpc) is 2.43. The van der Waals surface area contributed by atoms with Gasteiger partial charge in [-0.1, -0.05) is 55.3 Å². The molecular weight excluding hydrogens is 353 g/mol. The molecule has 112 valence electrons. The Hall–Kier alpha value is -0.900. The molecule has 0 unspecified atom stereocenters. The minimum absolute atomic E-state index is 0.122. The van der Waals surface area contributed by atoms with Crippen LogP contribution >= 0.6 is 27.5 Å². The van der Waals surface area contributed by atoms with Crippen LogP contribution in [0.25, 0.3) is 11.1 Å². The predicted molar refractivity (Wildman–Crippen MR) is 91.3 cm³/mol. The molecule has 0 aromatic heterocycles. The molecule has 0 aliphatic rings. The highest BCUT2D eigenvalue weighted by Crippen LogP contribution is 2.35. The molecule has 0 aliphatic heterocycles. The number of nitrogens with one attached hydrogen (secondary N) is 1. The zero-order valence-electron chi connectivity index (χ0n) is 12.3. The predicted octanol–water partition coefficient (Wildman–Crippen LogP) is 5.72. The normalized spacial score (nSPS) is 11.2. The maximum atomic E-state index is 14.5. The fourth-order valence-corrected chi connectivity index (χ4v) is 2.61. The van der Waals surface area contributed by atoms with E-state index in [-0.39, 0.29) is 10.8 Å². The third kappa shape index (κ3) is 3.85. The third-order valence-electron chi connectivity index (χ3n) is 3.29. The standard InChI is InChI=1S/C17H18BrClFN/c1-10(2)21-9-12-5-4-11(3)8-14(12)13-6-7-15(18)16(19)17(13)20/h4-8,10,21H,9H2,1-3H3. The second-order valence-corrected chi connectivity index (χ2v) is 6.65. The first-order valence-electron chi connectivity index (χ1n) is 6.87. The molecule has 0 fully saturated rings. The Labute approximate surface area is 138 Å². The van der Waals surface area contributed by atoms with E-state index in [1.807, 2.05) is 25.1 Å². The Kier molecular flexibility index (Phi) is 5.42. The van der Waals surface area contributed by atoms with E-state index in [0.29, 0.717) is 22.6 Å². The molecule has 21 heavy (non-hydrogen) atoms. The van der Waals surface area contributed by atoms with Gasteiger partial charge in [0.2, 0.25) is 0 Å². The highest BCUT2D eigenvalue weighted by molar-refractivity contribution is 9.10. The van der Waals surface area contributed by atoms with Crippen LogP contribution in [0.15, 0.2) is 34.8 Å². The zero-order chi connectivity index (χ0) is 15.6. The van der Waals surface area contributed by atoms with Gasteiger partial charge in [-0.25, -0.2) is 4.39 Å². The highest BCUT2D eigenvalue weighted by Gasteiger charge is 2.15. The third-order valence-corrected chi connectivity index (χ3v) is 4.55. The smallest absolute Gasteiger partial charge is 0.150 e. The van der Waals surface area contributed by atoms with E-state index in [1.54, 1.807) is 12.1 Å². The second kappa shape index (κ2) is 6.91. The number of hydrogen-bond donors (Lipinski definition) is 1. The van der Waals surface area contributed by atoms with Crippen LogP contribution in [-0.2, 0) is 6.54 Å². The van der Waals surface area contributed by atoms with Crippen molar-refractivity contribution in [3.8, 4) is 11.1 Å². The van der Waals surface area contributed by atoms with Crippen LogP contribution in [-0.4, -0.2) is 6.04 Å². The van der Waals surface area contributed by atoms with E-state index in [0.717, 1.165) is 16.7 Å². The number of benzene rings is 2. The summed E-state index contributed by atoms with van der Waals surface area (Å²) >= 11 is 9.27. The summed E-state index contributed by atoms with van der Waals surface area (Å²) in [6, 6.07) is 9.99. The number of rotatable bonds is 4. The lowest BCUT2D eigenvalue weighted by molar-refractivity contribution is 0.588. The van der Waals surface area contributed by atoms with Gasteiger partial charge in [0.1, 0.15) is 0 Å². The number of aryl methyl sites for hydroxylation is 1. The molecule has 0 atom stereocenters. The van der Waals surface area contributed by atoms with Crippen molar-refractivity contribution < 1.29 is 4.39 Å². The van der Waals surface area contributed by atoms with E-state index in [4.69, 9.17) is 11.6 Å². The molecule has 0 bridgehead atoms. The monoisotopic (exact) mass is 369 g/mol. The summed E-state index contributed by atoms with van der Waals surface area (Å²) in [6.45, 7) is 6.87. The van der Waals surface area contributed by atoms with Crippen molar-refractivity contribution in [3.63, 3.8) is 0 Å². The molecule has 2 rings (SSSR count). The Bertz CT molecular complexity index is 655. The van der Waals surface area contributed by atoms with Gasteiger partial charge in [0.05, 0.1) is 5.02 Å². The van der Waals surface area contributed by atoms with Gasteiger partial charge in [-0.2, -0.15) is 0 Å². The molecule has 0 saturated heterocycles. The molecule has 0 aliphatic carbocycles. The van der Waals surface area contributed by atoms with E-state index >= 15 is 0 Å². The molecule has 2 aromatic rings. The molecule has 1 N–H and O–H groups in total. The van der Waals surface area contributed by atoms with Crippen LogP contribution in [0.2, 0.25) is 5.02 Å². The van der Waals surface area contributed by atoms with Crippen LogP contribution in [0.5, 0.6) is 0 Å². The topological polar surface area (TPSA) is 12.0 Å². The van der Waals surface area contributed by atoms with Gasteiger partial charge in [0.15, 0.2) is 5.82 Å². The fraction of sp³-hybridized carbons (Fsp3) is 0.294. The van der Waals surface area contributed by atoms with Crippen molar-refractivity contribution in [2.24, 2.45) is 0 Å². The molecular formula is C17H18BrClFN. The molecule has 4 heteroatoms. The first-order chi connectivity index (χ1) is 9.90. The molecule has 0 radical (unpaired) electrons. The first kappa shape index (κ1) is 16.5.